The third-order valence-electron chi connectivity index (χ3n) is 5.18. The normalized spacial score (nSPS) is 16.7. The van der Waals surface area contributed by atoms with Crippen LogP contribution in [0.2, 0.25) is 5.02 Å². The highest BCUT2D eigenvalue weighted by Gasteiger charge is 2.35. The number of carbonyl (C=O) groups excluding carboxylic acids is 2. The monoisotopic (exact) mass is 468 g/mol. The van der Waals surface area contributed by atoms with Crippen molar-refractivity contribution in [3.63, 3.8) is 0 Å². The number of hydrogen-bond acceptors (Lipinski definition) is 5. The Morgan fingerprint density at radius 3 is 2.50 bits per heavy atom. The number of amides is 2. The Hall–Kier alpha value is -2.15. The number of methoxy groups -OCH3 is 1. The Bertz CT molecular complexity index is 806. The van der Waals surface area contributed by atoms with Crippen molar-refractivity contribution in [2.24, 2.45) is 0 Å². The zero-order chi connectivity index (χ0) is 24.1. The maximum Gasteiger partial charge on any atom is 0.410 e. The van der Waals surface area contributed by atoms with Crippen LogP contribution in [-0.2, 0) is 4.74 Å². The number of ether oxygens (including phenoxy) is 3. The van der Waals surface area contributed by atoms with Crippen LogP contribution in [0.4, 0.5) is 4.79 Å². The summed E-state index contributed by atoms with van der Waals surface area (Å²) >= 11 is 6.48. The number of likely N-dealkylation sites (tertiary alicyclic amines) is 1. The molecule has 0 bridgehead atoms. The molecule has 1 aromatic carbocycles. The van der Waals surface area contributed by atoms with E-state index in [2.05, 4.69) is 0 Å². The predicted octanol–water partition coefficient (Wildman–Crippen LogP) is 5.39. The second-order valence-corrected chi connectivity index (χ2v) is 9.77. The van der Waals surface area contributed by atoms with E-state index < -0.39 is 5.60 Å². The molecule has 2 rings (SSSR count). The van der Waals surface area contributed by atoms with Crippen LogP contribution in [-0.4, -0.2) is 66.3 Å². The number of carbonyl (C=O) groups is 2. The minimum atomic E-state index is -0.566. The summed E-state index contributed by atoms with van der Waals surface area (Å²) in [5.41, 5.74) is -0.204. The molecule has 8 heteroatoms. The maximum atomic E-state index is 13.6. The molecule has 1 aromatic rings. The van der Waals surface area contributed by atoms with Crippen molar-refractivity contribution in [3.05, 3.63) is 22.7 Å². The predicted molar refractivity (Wildman–Crippen MR) is 126 cm³/mol. The summed E-state index contributed by atoms with van der Waals surface area (Å²) in [5.74, 6) is 0.791. The lowest BCUT2D eigenvalue weighted by Crippen LogP contribution is -2.54. The number of piperidine rings is 1. The second-order valence-electron chi connectivity index (χ2n) is 9.36. The molecular formula is C24H37ClN2O5. The van der Waals surface area contributed by atoms with Crippen molar-refractivity contribution in [2.45, 2.75) is 78.5 Å². The van der Waals surface area contributed by atoms with Crippen LogP contribution in [0.25, 0.3) is 0 Å². The van der Waals surface area contributed by atoms with Gasteiger partial charge in [-0.1, -0.05) is 18.5 Å². The van der Waals surface area contributed by atoms with Gasteiger partial charge in [0.25, 0.3) is 5.91 Å². The highest BCUT2D eigenvalue weighted by atomic mass is 35.5. The zero-order valence-electron chi connectivity index (χ0n) is 20.4. The van der Waals surface area contributed by atoms with E-state index in [0.29, 0.717) is 41.8 Å². The fraction of sp³-hybridized carbons (Fsp3) is 0.667. The Morgan fingerprint density at radius 2 is 1.94 bits per heavy atom. The average molecular weight is 469 g/mol. The number of hydrogen-bond donors (Lipinski definition) is 0. The van der Waals surface area contributed by atoms with Gasteiger partial charge in [0, 0.05) is 25.2 Å². The van der Waals surface area contributed by atoms with Gasteiger partial charge in [-0.15, -0.1) is 0 Å². The Balaban J connectivity index is 2.30. The molecule has 180 valence electrons. The van der Waals surface area contributed by atoms with Crippen LogP contribution in [0.1, 0.15) is 71.2 Å². The third-order valence-corrected chi connectivity index (χ3v) is 5.49. The standard InChI is InChI=1S/C24H37ClN2O5/c1-8-12-31-21-13-18(19(25)14-20(21)30-7)22(28)27(16(2)3)17-10-9-11-26(15-17)23(29)32-24(4,5)6/h13-14,16-17H,8-12,15H2,1-7H3/t17-/m1/s1. The molecule has 2 amide bonds. The van der Waals surface area contributed by atoms with Crippen LogP contribution in [0.5, 0.6) is 11.5 Å². The average Bonchev–Trinajstić information content (AvgIpc) is 2.71. The minimum absolute atomic E-state index is 0.0794. The Labute approximate surface area is 196 Å². The molecule has 1 fully saturated rings. The van der Waals surface area contributed by atoms with Gasteiger partial charge in [-0.2, -0.15) is 0 Å². The summed E-state index contributed by atoms with van der Waals surface area (Å²) in [7, 11) is 1.54. The molecule has 1 heterocycles. The van der Waals surface area contributed by atoms with Crippen molar-refractivity contribution in [2.75, 3.05) is 26.8 Å². The first-order valence-corrected chi connectivity index (χ1v) is 11.7. The molecule has 0 spiro atoms. The first-order valence-electron chi connectivity index (χ1n) is 11.3. The van der Waals surface area contributed by atoms with Gasteiger partial charge in [0.15, 0.2) is 11.5 Å². The molecule has 0 N–H and O–H groups in total. The Morgan fingerprint density at radius 1 is 1.25 bits per heavy atom. The van der Waals surface area contributed by atoms with Crippen LogP contribution in [0.3, 0.4) is 0 Å². The van der Waals surface area contributed by atoms with E-state index in [1.165, 1.54) is 0 Å². The number of rotatable bonds is 7. The smallest absolute Gasteiger partial charge is 0.410 e. The van der Waals surface area contributed by atoms with E-state index in [0.717, 1.165) is 19.3 Å². The highest BCUT2D eigenvalue weighted by molar-refractivity contribution is 6.34. The van der Waals surface area contributed by atoms with Gasteiger partial charge in [-0.25, -0.2) is 4.79 Å². The molecule has 0 radical (unpaired) electrons. The third kappa shape index (κ3) is 6.67. The summed E-state index contributed by atoms with van der Waals surface area (Å²) in [5, 5.41) is 0.307. The fourth-order valence-electron chi connectivity index (χ4n) is 3.82. The van der Waals surface area contributed by atoms with E-state index in [1.807, 2.05) is 46.4 Å². The van der Waals surface area contributed by atoms with Crippen LogP contribution in [0, 0.1) is 0 Å². The lowest BCUT2D eigenvalue weighted by Gasteiger charge is -2.41. The lowest BCUT2D eigenvalue weighted by atomic mass is 10.0. The first kappa shape index (κ1) is 26.1. The van der Waals surface area contributed by atoms with Crippen molar-refractivity contribution in [1.29, 1.82) is 0 Å². The summed E-state index contributed by atoms with van der Waals surface area (Å²) in [6.45, 7) is 13.0. The van der Waals surface area contributed by atoms with Crippen LogP contribution < -0.4 is 9.47 Å². The molecule has 0 saturated carbocycles. The van der Waals surface area contributed by atoms with Gasteiger partial charge in [-0.3, -0.25) is 4.79 Å². The topological polar surface area (TPSA) is 68.3 Å². The molecule has 0 aliphatic carbocycles. The van der Waals surface area contributed by atoms with Gasteiger partial charge >= 0.3 is 6.09 Å². The van der Waals surface area contributed by atoms with Gasteiger partial charge in [-0.05, 0) is 59.9 Å². The summed E-state index contributed by atoms with van der Waals surface area (Å²) in [6, 6.07) is 3.06. The molecule has 7 nitrogen and oxygen atoms in total. The van der Waals surface area contributed by atoms with Crippen LogP contribution >= 0.6 is 11.6 Å². The van der Waals surface area contributed by atoms with Gasteiger partial charge in [0.1, 0.15) is 5.60 Å². The molecular weight excluding hydrogens is 432 g/mol. The quantitative estimate of drug-likeness (QED) is 0.536. The van der Waals surface area contributed by atoms with Gasteiger partial charge < -0.3 is 24.0 Å². The highest BCUT2D eigenvalue weighted by Crippen LogP contribution is 2.35. The van der Waals surface area contributed by atoms with E-state index in [9.17, 15) is 9.59 Å². The van der Waals surface area contributed by atoms with Crippen molar-refractivity contribution < 1.29 is 23.8 Å². The van der Waals surface area contributed by atoms with Gasteiger partial charge in [0.05, 0.1) is 30.3 Å². The van der Waals surface area contributed by atoms with E-state index in [-0.39, 0.29) is 24.1 Å². The maximum absolute atomic E-state index is 13.6. The molecule has 1 atom stereocenters. The lowest BCUT2D eigenvalue weighted by molar-refractivity contribution is 0.00752. The first-order chi connectivity index (χ1) is 15.0. The molecule has 0 aromatic heterocycles. The molecule has 1 aliphatic heterocycles. The summed E-state index contributed by atoms with van der Waals surface area (Å²) in [4.78, 5) is 29.8. The van der Waals surface area contributed by atoms with E-state index in [4.69, 9.17) is 25.8 Å². The van der Waals surface area contributed by atoms with Crippen LogP contribution in [0.15, 0.2) is 12.1 Å². The largest absolute Gasteiger partial charge is 0.493 e. The van der Waals surface area contributed by atoms with Crippen molar-refractivity contribution in [3.8, 4) is 11.5 Å². The van der Waals surface area contributed by atoms with Crippen molar-refractivity contribution >= 4 is 23.6 Å². The number of nitrogens with zero attached hydrogens (tertiary/aromatic N) is 2. The fourth-order valence-corrected chi connectivity index (χ4v) is 4.05. The Kier molecular flexibility index (Phi) is 9.08. The molecule has 32 heavy (non-hydrogen) atoms. The van der Waals surface area contributed by atoms with E-state index in [1.54, 1.807) is 24.1 Å². The molecule has 1 saturated heterocycles. The minimum Gasteiger partial charge on any atom is -0.493 e. The number of halogens is 1. The van der Waals surface area contributed by atoms with E-state index >= 15 is 0 Å². The summed E-state index contributed by atoms with van der Waals surface area (Å²) in [6.07, 6.45) is 2.07. The van der Waals surface area contributed by atoms with Crippen molar-refractivity contribution in [1.82, 2.24) is 9.80 Å². The zero-order valence-corrected chi connectivity index (χ0v) is 21.1. The number of benzene rings is 1. The second kappa shape index (κ2) is 11.1. The molecule has 1 aliphatic rings. The summed E-state index contributed by atoms with van der Waals surface area (Å²) < 4.78 is 16.7. The molecule has 0 unspecified atom stereocenters. The van der Waals surface area contributed by atoms with Gasteiger partial charge in [0.2, 0.25) is 0 Å². The SMILES string of the molecule is CCCOc1cc(C(=O)N(C(C)C)[C@@H]2CCCN(C(=O)OC(C)(C)C)C2)c(Cl)cc1OC.